The van der Waals surface area contributed by atoms with Gasteiger partial charge in [0.25, 0.3) is 5.69 Å². The normalized spacial score (nSPS) is 23.0. The molecule has 1 N–H and O–H groups in total. The lowest BCUT2D eigenvalue weighted by molar-refractivity contribution is -0.385. The topological polar surface area (TPSA) is 55.2 Å². The van der Waals surface area contributed by atoms with E-state index in [-0.39, 0.29) is 18.7 Å². The zero-order valence-electron chi connectivity index (χ0n) is 11.4. The highest BCUT2D eigenvalue weighted by Gasteiger charge is 2.45. The summed E-state index contributed by atoms with van der Waals surface area (Å²) in [6.07, 6.45) is -2.32. The lowest BCUT2D eigenvalue weighted by Crippen LogP contribution is -2.45. The third kappa shape index (κ3) is 3.93. The Morgan fingerprint density at radius 3 is 2.57 bits per heavy atom. The van der Waals surface area contributed by atoms with Crippen molar-refractivity contribution in [3.63, 3.8) is 0 Å². The van der Waals surface area contributed by atoms with Gasteiger partial charge in [0.15, 0.2) is 0 Å². The van der Waals surface area contributed by atoms with Crippen LogP contribution >= 0.6 is 0 Å². The van der Waals surface area contributed by atoms with E-state index in [0.29, 0.717) is 18.4 Å². The summed E-state index contributed by atoms with van der Waals surface area (Å²) >= 11 is 0. The summed E-state index contributed by atoms with van der Waals surface area (Å²) in [5.41, 5.74) is 0.346. The zero-order chi connectivity index (χ0) is 15.5. The molecule has 2 rings (SSSR count). The standard InChI is InChI=1S/C14H17F3N2O2/c15-14(16,17)11-6-2-3-7-12(11)18-9-10-5-1-4-8-13(10)19(20)21/h1,4-5,8,11-12,18H,2-3,6-7,9H2. The van der Waals surface area contributed by atoms with Crippen LogP contribution in [0.25, 0.3) is 0 Å². The van der Waals surface area contributed by atoms with E-state index >= 15 is 0 Å². The first-order valence-corrected chi connectivity index (χ1v) is 6.92. The smallest absolute Gasteiger partial charge is 0.309 e. The molecule has 116 valence electrons. The number of alkyl halides is 3. The maximum Gasteiger partial charge on any atom is 0.393 e. The first-order valence-electron chi connectivity index (χ1n) is 6.92. The Morgan fingerprint density at radius 1 is 1.24 bits per heavy atom. The Morgan fingerprint density at radius 2 is 1.90 bits per heavy atom. The van der Waals surface area contributed by atoms with Crippen LogP contribution in [-0.4, -0.2) is 17.1 Å². The van der Waals surface area contributed by atoms with Crippen LogP contribution in [0, 0.1) is 16.0 Å². The van der Waals surface area contributed by atoms with Crippen LogP contribution in [0.5, 0.6) is 0 Å². The highest BCUT2D eigenvalue weighted by atomic mass is 19.4. The summed E-state index contributed by atoms with van der Waals surface area (Å²) in [6, 6.07) is 5.45. The van der Waals surface area contributed by atoms with Crippen LogP contribution in [-0.2, 0) is 6.54 Å². The number of benzene rings is 1. The molecule has 0 aliphatic heterocycles. The minimum atomic E-state index is -4.22. The largest absolute Gasteiger partial charge is 0.393 e. The van der Waals surface area contributed by atoms with E-state index in [2.05, 4.69) is 5.32 Å². The maximum absolute atomic E-state index is 13.0. The van der Waals surface area contributed by atoms with Crippen LogP contribution in [0.2, 0.25) is 0 Å². The van der Waals surface area contributed by atoms with Crippen LogP contribution in [0.3, 0.4) is 0 Å². The minimum Gasteiger partial charge on any atom is -0.309 e. The fourth-order valence-electron chi connectivity index (χ4n) is 2.85. The van der Waals surface area contributed by atoms with E-state index in [9.17, 15) is 23.3 Å². The zero-order valence-corrected chi connectivity index (χ0v) is 11.4. The van der Waals surface area contributed by atoms with Crippen LogP contribution in [0.15, 0.2) is 24.3 Å². The predicted molar refractivity (Wildman–Crippen MR) is 71.7 cm³/mol. The lowest BCUT2D eigenvalue weighted by atomic mass is 9.84. The molecule has 0 heterocycles. The average molecular weight is 302 g/mol. The summed E-state index contributed by atoms with van der Waals surface area (Å²) in [5.74, 6) is -1.37. The number of hydrogen-bond donors (Lipinski definition) is 1. The highest BCUT2D eigenvalue weighted by molar-refractivity contribution is 5.39. The molecular weight excluding hydrogens is 285 g/mol. The number of halogens is 3. The molecule has 0 saturated heterocycles. The molecule has 1 saturated carbocycles. The number of nitrogens with one attached hydrogen (secondary N) is 1. The van der Waals surface area contributed by atoms with Crippen molar-refractivity contribution in [3.8, 4) is 0 Å². The van der Waals surface area contributed by atoms with Gasteiger partial charge < -0.3 is 5.32 Å². The summed E-state index contributed by atoms with van der Waals surface area (Å²) in [7, 11) is 0. The monoisotopic (exact) mass is 302 g/mol. The Kier molecular flexibility index (Phi) is 4.82. The third-order valence-electron chi connectivity index (χ3n) is 3.93. The Hall–Kier alpha value is -1.63. The van der Waals surface area contributed by atoms with Crippen molar-refractivity contribution in [1.29, 1.82) is 0 Å². The van der Waals surface area contributed by atoms with Crippen molar-refractivity contribution in [2.45, 2.75) is 44.4 Å². The molecule has 7 heteroatoms. The van der Waals surface area contributed by atoms with Crippen molar-refractivity contribution in [3.05, 3.63) is 39.9 Å². The first-order chi connectivity index (χ1) is 9.89. The fraction of sp³-hybridized carbons (Fsp3) is 0.571. The van der Waals surface area contributed by atoms with Gasteiger partial charge in [0.1, 0.15) is 0 Å². The highest BCUT2D eigenvalue weighted by Crippen LogP contribution is 2.37. The molecule has 0 aromatic heterocycles. The Bertz CT molecular complexity index is 505. The molecule has 2 unspecified atom stereocenters. The molecule has 1 aromatic rings. The van der Waals surface area contributed by atoms with Gasteiger partial charge in [0, 0.05) is 24.2 Å². The number of hydrogen-bond acceptors (Lipinski definition) is 3. The van der Waals surface area contributed by atoms with Gasteiger partial charge in [-0.3, -0.25) is 10.1 Å². The van der Waals surface area contributed by atoms with Gasteiger partial charge >= 0.3 is 6.18 Å². The third-order valence-corrected chi connectivity index (χ3v) is 3.93. The van der Waals surface area contributed by atoms with Gasteiger partial charge in [0.05, 0.1) is 10.8 Å². The maximum atomic E-state index is 13.0. The summed E-state index contributed by atoms with van der Waals surface area (Å²) in [4.78, 5) is 10.4. The summed E-state index contributed by atoms with van der Waals surface area (Å²) in [5, 5.41) is 13.8. The molecule has 1 fully saturated rings. The van der Waals surface area contributed by atoms with Crippen LogP contribution in [0.1, 0.15) is 31.2 Å². The number of nitro benzene ring substituents is 1. The molecule has 1 aliphatic rings. The van der Waals surface area contributed by atoms with E-state index in [1.165, 1.54) is 6.07 Å². The van der Waals surface area contributed by atoms with E-state index < -0.39 is 23.1 Å². The molecule has 4 nitrogen and oxygen atoms in total. The van der Waals surface area contributed by atoms with Gasteiger partial charge in [-0.25, -0.2) is 0 Å². The molecule has 1 aromatic carbocycles. The van der Waals surface area contributed by atoms with Crippen molar-refractivity contribution in [1.82, 2.24) is 5.32 Å². The molecule has 21 heavy (non-hydrogen) atoms. The van der Waals surface area contributed by atoms with Crippen molar-refractivity contribution in [2.24, 2.45) is 5.92 Å². The number of para-hydroxylation sites is 1. The number of nitrogens with zero attached hydrogens (tertiary/aromatic N) is 1. The molecule has 0 bridgehead atoms. The van der Waals surface area contributed by atoms with E-state index in [1.54, 1.807) is 18.2 Å². The van der Waals surface area contributed by atoms with Gasteiger partial charge in [-0.15, -0.1) is 0 Å². The summed E-state index contributed by atoms with van der Waals surface area (Å²) < 4.78 is 38.9. The molecule has 0 radical (unpaired) electrons. The van der Waals surface area contributed by atoms with Crippen LogP contribution < -0.4 is 5.32 Å². The van der Waals surface area contributed by atoms with Gasteiger partial charge in [-0.1, -0.05) is 31.0 Å². The quantitative estimate of drug-likeness (QED) is 0.680. The first kappa shape index (κ1) is 15.8. The van der Waals surface area contributed by atoms with Gasteiger partial charge in [-0.05, 0) is 12.8 Å². The second kappa shape index (κ2) is 6.43. The molecule has 1 aliphatic carbocycles. The lowest BCUT2D eigenvalue weighted by Gasteiger charge is -2.33. The van der Waals surface area contributed by atoms with Crippen molar-refractivity contribution < 1.29 is 18.1 Å². The molecule has 0 amide bonds. The minimum absolute atomic E-state index is 0.0654. The second-order valence-electron chi connectivity index (χ2n) is 5.31. The summed E-state index contributed by atoms with van der Waals surface area (Å²) in [6.45, 7) is 0.0778. The Labute approximate surface area is 120 Å². The molecular formula is C14H17F3N2O2. The van der Waals surface area contributed by atoms with Gasteiger partial charge in [0.2, 0.25) is 0 Å². The SMILES string of the molecule is O=[N+]([O-])c1ccccc1CNC1CCCCC1C(F)(F)F. The van der Waals surface area contributed by atoms with E-state index in [1.807, 2.05) is 0 Å². The Balaban J connectivity index is 2.06. The predicted octanol–water partition coefficient (Wildman–Crippen LogP) is 3.81. The van der Waals surface area contributed by atoms with Gasteiger partial charge in [-0.2, -0.15) is 13.2 Å². The second-order valence-corrected chi connectivity index (χ2v) is 5.31. The molecule has 2 atom stereocenters. The van der Waals surface area contributed by atoms with E-state index in [4.69, 9.17) is 0 Å². The average Bonchev–Trinajstić information content (AvgIpc) is 2.44. The number of nitro groups is 1. The van der Waals surface area contributed by atoms with Crippen molar-refractivity contribution >= 4 is 5.69 Å². The van der Waals surface area contributed by atoms with Crippen LogP contribution in [0.4, 0.5) is 18.9 Å². The fourth-order valence-corrected chi connectivity index (χ4v) is 2.85. The molecule has 0 spiro atoms. The van der Waals surface area contributed by atoms with E-state index in [0.717, 1.165) is 6.42 Å². The number of rotatable bonds is 4. The van der Waals surface area contributed by atoms with Crippen molar-refractivity contribution in [2.75, 3.05) is 0 Å².